The largest absolute Gasteiger partial charge is 0.444 e. The molecular formula is C70H102N10O12. The quantitative estimate of drug-likeness (QED) is 0.0864. The van der Waals surface area contributed by atoms with Crippen LogP contribution in [0.4, 0.5) is 9.59 Å². The molecule has 504 valence electrons. The van der Waals surface area contributed by atoms with E-state index in [2.05, 4.69) is 44.0 Å². The number of nitrogens with zero attached hydrogens (tertiary/aromatic N) is 4. The lowest BCUT2D eigenvalue weighted by Crippen LogP contribution is -2.59. The fourth-order valence-electron chi connectivity index (χ4n) is 15.0. The molecule has 2 aliphatic heterocycles. The third kappa shape index (κ3) is 16.9. The summed E-state index contributed by atoms with van der Waals surface area (Å²) in [4.78, 5) is 149. The van der Waals surface area contributed by atoms with Gasteiger partial charge in [-0.15, -0.1) is 0 Å². The Hall–Kier alpha value is -7.26. The summed E-state index contributed by atoms with van der Waals surface area (Å²) in [5.74, 6) is -4.44. The summed E-state index contributed by atoms with van der Waals surface area (Å²) in [5, 5.41) is 18.9. The van der Waals surface area contributed by atoms with Crippen LogP contribution in [0, 0.1) is 23.7 Å². The molecule has 5 aliphatic carbocycles. The van der Waals surface area contributed by atoms with Crippen LogP contribution in [0.15, 0.2) is 48.5 Å². The smallest absolute Gasteiger partial charge is 0.410 e. The zero-order chi connectivity index (χ0) is 66.3. The van der Waals surface area contributed by atoms with E-state index in [-0.39, 0.29) is 73.5 Å². The molecule has 22 heteroatoms. The Kier molecular flexibility index (Phi) is 22.4. The number of amides is 10. The summed E-state index contributed by atoms with van der Waals surface area (Å²) in [5.41, 5.74) is 2.76. The number of hydrogen-bond donors (Lipinski definition) is 6. The van der Waals surface area contributed by atoms with Gasteiger partial charge >= 0.3 is 12.2 Å². The number of nitrogens with one attached hydrogen (secondary N) is 6. The molecule has 6 N–H and O–H groups in total. The summed E-state index contributed by atoms with van der Waals surface area (Å²) in [6.07, 6.45) is 11.7. The van der Waals surface area contributed by atoms with Gasteiger partial charge in [-0.05, 0) is 179 Å². The van der Waals surface area contributed by atoms with E-state index in [0.717, 1.165) is 73.6 Å². The number of hydrogen-bond acceptors (Lipinski definition) is 12. The summed E-state index contributed by atoms with van der Waals surface area (Å²) < 4.78 is 11.1. The van der Waals surface area contributed by atoms with Crippen LogP contribution >= 0.6 is 0 Å². The van der Waals surface area contributed by atoms with Gasteiger partial charge in [-0.2, -0.15) is 0 Å². The second-order valence-electron chi connectivity index (χ2n) is 29.3. The maximum Gasteiger partial charge on any atom is 0.410 e. The highest BCUT2D eigenvalue weighted by atomic mass is 16.6. The topological polar surface area (TPSA) is 274 Å². The average molecular weight is 1280 g/mol. The SMILES string of the molecule is C[C@@H](C(=O)N[C@H](C(=O)N1C[C@@H](NC(=O)C2CCC(C(=O)N[C@H]3C[C@@H](C(=O)N[C@@H]4CCc5ccccc54)N(C(=O)[C@@H](NC(=O)[C@H](C)N(C)C(=O)OC(C)(C)C)C4CCCCC4)C3)CC2)C[C@H]1C(=O)N[C@@H]1CCc2ccccc21)C1CCCCC1)N(C)C(=O)OC(C)(C)C. The molecule has 0 spiro atoms. The Morgan fingerprint density at radius 3 is 1.16 bits per heavy atom. The van der Waals surface area contributed by atoms with Crippen molar-refractivity contribution in [3.63, 3.8) is 0 Å². The number of ether oxygens (including phenoxy) is 2. The highest BCUT2D eigenvalue weighted by Gasteiger charge is 2.49. The molecule has 0 radical (unpaired) electrons. The van der Waals surface area contributed by atoms with Crippen LogP contribution in [0.25, 0.3) is 0 Å². The summed E-state index contributed by atoms with van der Waals surface area (Å²) in [7, 11) is 2.96. The number of benzene rings is 2. The second-order valence-corrected chi connectivity index (χ2v) is 29.3. The molecule has 2 aromatic rings. The first-order chi connectivity index (χ1) is 43.6. The molecule has 10 amide bonds. The van der Waals surface area contributed by atoms with Crippen LogP contribution in [-0.2, 0) is 60.7 Å². The fraction of sp³-hybridized carbons (Fsp3) is 0.686. The zero-order valence-electron chi connectivity index (χ0n) is 55.9. The van der Waals surface area contributed by atoms with E-state index in [1.165, 1.54) is 33.7 Å². The molecule has 92 heavy (non-hydrogen) atoms. The molecular weight excluding hydrogens is 1170 g/mol. The third-order valence-electron chi connectivity index (χ3n) is 20.5. The lowest BCUT2D eigenvalue weighted by molar-refractivity contribution is -0.143. The Morgan fingerprint density at radius 2 is 0.815 bits per heavy atom. The van der Waals surface area contributed by atoms with E-state index in [9.17, 15) is 38.4 Å². The molecule has 2 aromatic carbocycles. The normalized spacial score (nSPS) is 25.5. The molecule has 0 bridgehead atoms. The van der Waals surface area contributed by atoms with E-state index in [1.807, 2.05) is 36.4 Å². The Morgan fingerprint density at radius 1 is 0.467 bits per heavy atom. The molecule has 5 fully saturated rings. The average Bonchev–Trinajstić information content (AvgIpc) is 1.67. The van der Waals surface area contributed by atoms with Crippen LogP contribution < -0.4 is 31.9 Å². The summed E-state index contributed by atoms with van der Waals surface area (Å²) in [6, 6.07) is 8.32. The Labute approximate surface area is 543 Å². The maximum absolute atomic E-state index is 15.2. The van der Waals surface area contributed by atoms with E-state index in [1.54, 1.807) is 55.4 Å². The standard InChI is InChI=1S/C70H102N10O12/c1-41(77(9)67(89)91-69(3,4)5)59(81)75-57(45-23-13-11-14-24-45)65(87)79-39-49(37-55(79)63(85)73-53-35-33-43-21-17-19-27-51(43)53)71-61(83)47-29-31-48(32-30-47)62(84)72-50-38-56(64(86)74-54-36-34-44-22-18-20-28-52(44)54)80(40-50)66(88)58(46-25-15-12-16-26-46)76-60(82)42(2)78(10)68(90)92-70(6,7)8/h17-22,27-28,41-42,45-50,53-58H,11-16,23-26,29-40H2,1-10H3,(H,71,83)(H,72,84)(H,73,85)(H,74,86)(H,75,81)(H,76,82)/t41-,42-,47?,48?,49-,50-,53+,54+,55-,56-,57-,58-/m0/s1. The predicted molar refractivity (Wildman–Crippen MR) is 345 cm³/mol. The van der Waals surface area contributed by atoms with Crippen LogP contribution in [0.2, 0.25) is 0 Å². The number of carbonyl (C=O) groups is 10. The van der Waals surface area contributed by atoms with Gasteiger partial charge in [-0.25, -0.2) is 9.59 Å². The number of likely N-dealkylation sites (N-methyl/N-ethyl adjacent to an activating group) is 2. The molecule has 3 saturated carbocycles. The first kappa shape index (κ1) is 69.1. The number of likely N-dealkylation sites (tertiary alicyclic amines) is 2. The summed E-state index contributed by atoms with van der Waals surface area (Å²) >= 11 is 0. The van der Waals surface area contributed by atoms with Crippen molar-refractivity contribution in [3.05, 3.63) is 70.8 Å². The van der Waals surface area contributed by atoms with Gasteiger partial charge in [0.25, 0.3) is 0 Å². The second kappa shape index (κ2) is 29.8. The predicted octanol–water partition coefficient (Wildman–Crippen LogP) is 7.21. The van der Waals surface area contributed by atoms with E-state index in [0.29, 0.717) is 64.2 Å². The first-order valence-electron chi connectivity index (χ1n) is 34.1. The number of fused-ring (bicyclic) bond motifs is 2. The Balaban J connectivity index is 0.866. The molecule has 9 rings (SSSR count). The van der Waals surface area contributed by atoms with Crippen molar-refractivity contribution >= 4 is 59.4 Å². The Bertz CT molecular complexity index is 2830. The van der Waals surface area contributed by atoms with Gasteiger partial charge in [0.05, 0.1) is 12.1 Å². The van der Waals surface area contributed by atoms with Gasteiger partial charge in [0.15, 0.2) is 0 Å². The van der Waals surface area contributed by atoms with Crippen molar-refractivity contribution in [3.8, 4) is 0 Å². The minimum Gasteiger partial charge on any atom is -0.444 e. The van der Waals surface area contributed by atoms with Crippen molar-refractivity contribution in [2.24, 2.45) is 23.7 Å². The molecule has 7 aliphatic rings. The first-order valence-corrected chi connectivity index (χ1v) is 34.1. The van der Waals surface area contributed by atoms with Crippen molar-refractivity contribution in [1.82, 2.24) is 51.5 Å². The van der Waals surface area contributed by atoms with Crippen molar-refractivity contribution in [1.29, 1.82) is 0 Å². The monoisotopic (exact) mass is 1270 g/mol. The molecule has 2 saturated heterocycles. The van der Waals surface area contributed by atoms with E-state index in [4.69, 9.17) is 9.47 Å². The van der Waals surface area contributed by atoms with E-state index < -0.39 is 107 Å². The molecule has 2 heterocycles. The van der Waals surface area contributed by atoms with Crippen LogP contribution in [0.5, 0.6) is 0 Å². The summed E-state index contributed by atoms with van der Waals surface area (Å²) in [6.45, 7) is 13.7. The van der Waals surface area contributed by atoms with Crippen LogP contribution in [-0.4, -0.2) is 166 Å². The van der Waals surface area contributed by atoms with Gasteiger partial charge in [0, 0.05) is 51.1 Å². The fourth-order valence-corrected chi connectivity index (χ4v) is 15.0. The van der Waals surface area contributed by atoms with Gasteiger partial charge < -0.3 is 51.2 Å². The number of rotatable bonds is 18. The van der Waals surface area contributed by atoms with Crippen LogP contribution in [0.3, 0.4) is 0 Å². The molecule has 10 atom stereocenters. The lowest BCUT2D eigenvalue weighted by atomic mass is 9.81. The van der Waals surface area contributed by atoms with Gasteiger partial charge in [0.1, 0.15) is 47.5 Å². The van der Waals surface area contributed by atoms with Crippen molar-refractivity contribution < 1.29 is 57.4 Å². The maximum atomic E-state index is 15.2. The van der Waals surface area contributed by atoms with Crippen LogP contribution in [0.1, 0.15) is 205 Å². The third-order valence-corrected chi connectivity index (χ3v) is 20.5. The highest BCUT2D eigenvalue weighted by Crippen LogP contribution is 2.37. The van der Waals surface area contributed by atoms with E-state index >= 15 is 9.59 Å². The van der Waals surface area contributed by atoms with Gasteiger partial charge in [-0.1, -0.05) is 87.1 Å². The minimum absolute atomic E-state index is 0.0281. The zero-order valence-corrected chi connectivity index (χ0v) is 55.9. The number of aryl methyl sites for hydroxylation is 2. The molecule has 0 unspecified atom stereocenters. The van der Waals surface area contributed by atoms with Gasteiger partial charge in [0.2, 0.25) is 47.3 Å². The van der Waals surface area contributed by atoms with Crippen molar-refractivity contribution in [2.45, 2.75) is 255 Å². The van der Waals surface area contributed by atoms with Gasteiger partial charge in [-0.3, -0.25) is 48.2 Å². The van der Waals surface area contributed by atoms with Crippen molar-refractivity contribution in [2.75, 3.05) is 27.2 Å². The molecule has 22 nitrogen and oxygen atoms in total. The minimum atomic E-state index is -0.998. The molecule has 0 aromatic heterocycles. The lowest BCUT2D eigenvalue weighted by Gasteiger charge is -2.36. The highest BCUT2D eigenvalue weighted by molar-refractivity contribution is 5.96. The number of carbonyl (C=O) groups excluding carboxylic acids is 10.